The van der Waals surface area contributed by atoms with E-state index in [0.717, 1.165) is 5.61 Å². The average Bonchev–Trinajstić information content (AvgIpc) is 2.25. The maximum atomic E-state index is 5.85. The maximum Gasteiger partial charge on any atom is 0.350 e. The summed E-state index contributed by atoms with van der Waals surface area (Å²) < 4.78 is 5.85. The van der Waals surface area contributed by atoms with Crippen molar-refractivity contribution in [1.82, 2.24) is 0 Å². The van der Waals surface area contributed by atoms with Crippen molar-refractivity contribution in [2.24, 2.45) is 10.4 Å². The molecule has 3 heteroatoms. The van der Waals surface area contributed by atoms with Gasteiger partial charge in [-0.25, -0.2) is 0 Å². The van der Waals surface area contributed by atoms with Gasteiger partial charge in [0.15, 0.2) is 0 Å². The van der Waals surface area contributed by atoms with Crippen LogP contribution in [-0.2, 0) is 4.65 Å². The molecule has 0 saturated heterocycles. The van der Waals surface area contributed by atoms with Gasteiger partial charge in [0, 0.05) is 12.7 Å². The molecule has 0 bridgehead atoms. The fraction of sp³-hybridized carbons (Fsp3) is 0.800. The van der Waals surface area contributed by atoms with Crippen LogP contribution in [0, 0.1) is 5.41 Å². The van der Waals surface area contributed by atoms with Crippen LogP contribution in [0.4, 0.5) is 0 Å². The molecule has 0 fully saturated rings. The van der Waals surface area contributed by atoms with Crippen LogP contribution in [0.2, 0.25) is 0 Å². The first-order valence-corrected chi connectivity index (χ1v) is 6.73. The Kier molecular flexibility index (Phi) is 9.36. The summed E-state index contributed by atoms with van der Waals surface area (Å²) in [7, 11) is 3.52. The van der Waals surface area contributed by atoms with Gasteiger partial charge >= 0.3 is 7.48 Å². The number of nitrogens with zero attached hydrogens (tertiary/aromatic N) is 1. The highest BCUT2D eigenvalue weighted by molar-refractivity contribution is 6.73. The fourth-order valence-corrected chi connectivity index (χ4v) is 0.832. The molecule has 0 amide bonds. The standard InChI is InChI=1S/C13H25BNO.C2H6/c1-10(2)9-11(15-8)14-16-13(6,7)12(3,4)5;1-2/h9H,1-8H3;1-2H3. The minimum absolute atomic E-state index is 0.0906. The van der Waals surface area contributed by atoms with Gasteiger partial charge in [-0.3, -0.25) is 0 Å². The van der Waals surface area contributed by atoms with E-state index in [0.29, 0.717) is 0 Å². The van der Waals surface area contributed by atoms with E-state index in [-0.39, 0.29) is 11.0 Å². The van der Waals surface area contributed by atoms with Crippen LogP contribution in [0.1, 0.15) is 62.3 Å². The first kappa shape index (κ1) is 19.8. The number of aliphatic imine (C=N–C) groups is 1. The smallest absolute Gasteiger partial charge is 0.350 e. The molecule has 0 spiro atoms. The Morgan fingerprint density at radius 1 is 1.06 bits per heavy atom. The fourth-order valence-electron chi connectivity index (χ4n) is 0.832. The van der Waals surface area contributed by atoms with Gasteiger partial charge < -0.3 is 9.65 Å². The molecular weight excluding hydrogens is 221 g/mol. The second-order valence-corrected chi connectivity index (χ2v) is 5.87. The molecule has 0 unspecified atom stereocenters. The molecule has 1 radical (unpaired) electrons. The Hall–Kier alpha value is -0.565. The minimum Gasteiger partial charge on any atom is -0.427 e. The zero-order valence-corrected chi connectivity index (χ0v) is 14.0. The average molecular weight is 252 g/mol. The van der Waals surface area contributed by atoms with Crippen LogP contribution in [0.15, 0.2) is 16.6 Å². The number of allylic oxidation sites excluding steroid dienone is 2. The van der Waals surface area contributed by atoms with Crippen molar-refractivity contribution in [1.29, 1.82) is 0 Å². The van der Waals surface area contributed by atoms with Gasteiger partial charge in [0.2, 0.25) is 0 Å². The highest BCUT2D eigenvalue weighted by Crippen LogP contribution is 2.32. The van der Waals surface area contributed by atoms with E-state index in [1.807, 2.05) is 33.8 Å². The molecule has 2 nitrogen and oxygen atoms in total. The number of rotatable bonds is 4. The van der Waals surface area contributed by atoms with E-state index < -0.39 is 0 Å². The highest BCUT2D eigenvalue weighted by atomic mass is 16.5. The van der Waals surface area contributed by atoms with Gasteiger partial charge in [-0.05, 0) is 39.2 Å². The van der Waals surface area contributed by atoms with Crippen LogP contribution in [0.3, 0.4) is 0 Å². The lowest BCUT2D eigenvalue weighted by atomic mass is 9.77. The second-order valence-electron chi connectivity index (χ2n) is 5.87. The van der Waals surface area contributed by atoms with Crippen LogP contribution in [0.5, 0.6) is 0 Å². The van der Waals surface area contributed by atoms with Crippen LogP contribution >= 0.6 is 0 Å². The lowest BCUT2D eigenvalue weighted by molar-refractivity contribution is 0.00564. The molecule has 0 aromatic heterocycles. The SMILES string of the molecule is CC.CN=C([B]OC(C)(C)C(C)(C)C)C=C(C)C. The Balaban J connectivity index is 0. The zero-order valence-electron chi connectivity index (χ0n) is 14.0. The third-order valence-corrected chi connectivity index (χ3v) is 2.98. The summed E-state index contributed by atoms with van der Waals surface area (Å²) in [5.74, 6) is 0. The molecular formula is C15H31BNO. The van der Waals surface area contributed by atoms with Crippen LogP contribution in [-0.4, -0.2) is 25.7 Å². The number of hydrogen-bond acceptors (Lipinski definition) is 2. The van der Waals surface area contributed by atoms with Crippen molar-refractivity contribution in [3.8, 4) is 0 Å². The summed E-state index contributed by atoms with van der Waals surface area (Å²) in [4.78, 5) is 4.17. The molecule has 0 aliphatic rings. The molecule has 0 aromatic rings. The first-order valence-electron chi connectivity index (χ1n) is 6.73. The Morgan fingerprint density at radius 2 is 1.50 bits per heavy atom. The van der Waals surface area contributed by atoms with E-state index in [1.165, 1.54) is 5.57 Å². The number of hydrogen-bond donors (Lipinski definition) is 0. The molecule has 0 aromatic carbocycles. The van der Waals surface area contributed by atoms with Crippen molar-refractivity contribution in [2.75, 3.05) is 7.05 Å². The summed E-state index contributed by atoms with van der Waals surface area (Å²) in [6, 6.07) is 0. The zero-order chi connectivity index (χ0) is 15.0. The quantitative estimate of drug-likeness (QED) is 0.534. The van der Waals surface area contributed by atoms with E-state index >= 15 is 0 Å². The van der Waals surface area contributed by atoms with E-state index in [1.54, 1.807) is 14.5 Å². The predicted octanol–water partition coefficient (Wildman–Crippen LogP) is 4.47. The summed E-state index contributed by atoms with van der Waals surface area (Å²) in [6.45, 7) is 18.8. The van der Waals surface area contributed by atoms with Crippen molar-refractivity contribution in [3.63, 3.8) is 0 Å². The van der Waals surface area contributed by atoms with Crippen molar-refractivity contribution >= 4 is 13.1 Å². The molecule has 0 heterocycles. The van der Waals surface area contributed by atoms with Crippen molar-refractivity contribution < 1.29 is 4.65 Å². The second kappa shape index (κ2) is 8.52. The Morgan fingerprint density at radius 3 is 1.78 bits per heavy atom. The third-order valence-electron chi connectivity index (χ3n) is 2.98. The summed E-state index contributed by atoms with van der Waals surface area (Å²) in [5.41, 5.74) is 1.97. The van der Waals surface area contributed by atoms with Crippen molar-refractivity contribution in [3.05, 3.63) is 11.6 Å². The van der Waals surface area contributed by atoms with Gasteiger partial charge in [-0.2, -0.15) is 0 Å². The minimum atomic E-state index is -0.210. The first-order chi connectivity index (χ1) is 8.10. The van der Waals surface area contributed by atoms with Gasteiger partial charge in [-0.15, -0.1) is 0 Å². The molecule has 0 saturated carbocycles. The molecule has 0 aliphatic heterocycles. The Bertz CT molecular complexity index is 281. The normalized spacial score (nSPS) is 12.4. The lowest BCUT2D eigenvalue weighted by Gasteiger charge is -2.39. The predicted molar refractivity (Wildman–Crippen MR) is 84.5 cm³/mol. The molecule has 18 heavy (non-hydrogen) atoms. The van der Waals surface area contributed by atoms with Gasteiger partial charge in [-0.1, -0.05) is 40.2 Å². The summed E-state index contributed by atoms with van der Waals surface area (Å²) in [5, 5.41) is 0. The topological polar surface area (TPSA) is 21.6 Å². The van der Waals surface area contributed by atoms with Gasteiger partial charge in [0.05, 0.1) is 5.60 Å². The molecule has 0 aliphatic carbocycles. The summed E-state index contributed by atoms with van der Waals surface area (Å²) in [6.07, 6.45) is 2.01. The van der Waals surface area contributed by atoms with Crippen LogP contribution in [0.25, 0.3) is 0 Å². The van der Waals surface area contributed by atoms with Crippen molar-refractivity contribution in [2.45, 2.75) is 67.9 Å². The summed E-state index contributed by atoms with van der Waals surface area (Å²) >= 11 is 0. The van der Waals surface area contributed by atoms with Gasteiger partial charge in [0.25, 0.3) is 0 Å². The molecule has 0 N–H and O–H groups in total. The lowest BCUT2D eigenvalue weighted by Crippen LogP contribution is -2.41. The maximum absolute atomic E-state index is 5.85. The largest absolute Gasteiger partial charge is 0.427 e. The van der Waals surface area contributed by atoms with E-state index in [4.69, 9.17) is 4.65 Å². The third kappa shape index (κ3) is 7.70. The van der Waals surface area contributed by atoms with E-state index in [9.17, 15) is 0 Å². The Labute approximate surface area is 115 Å². The van der Waals surface area contributed by atoms with E-state index in [2.05, 4.69) is 39.6 Å². The monoisotopic (exact) mass is 252 g/mol. The molecule has 105 valence electrons. The van der Waals surface area contributed by atoms with Gasteiger partial charge in [0.1, 0.15) is 0 Å². The molecule has 0 rings (SSSR count). The van der Waals surface area contributed by atoms with Crippen LogP contribution < -0.4 is 0 Å². The highest BCUT2D eigenvalue weighted by Gasteiger charge is 2.33. The molecule has 0 atom stereocenters.